The lowest BCUT2D eigenvalue weighted by Gasteiger charge is -2.31. The van der Waals surface area contributed by atoms with Crippen molar-refractivity contribution in [3.63, 3.8) is 0 Å². The van der Waals surface area contributed by atoms with Crippen LogP contribution in [-0.2, 0) is 21.3 Å². The molecular formula is C26H34N6O8S. The van der Waals surface area contributed by atoms with Crippen molar-refractivity contribution in [2.24, 2.45) is 11.1 Å². The molecule has 1 aliphatic rings. The summed E-state index contributed by atoms with van der Waals surface area (Å²) < 4.78 is 35.9. The quantitative estimate of drug-likeness (QED) is 0.139. The Morgan fingerprint density at radius 2 is 2.02 bits per heavy atom. The van der Waals surface area contributed by atoms with Crippen LogP contribution >= 0.6 is 0 Å². The average molecular weight is 591 g/mol. The number of ether oxygens (including phenoxy) is 1. The Kier molecular flexibility index (Phi) is 9.28. The molecule has 222 valence electrons. The summed E-state index contributed by atoms with van der Waals surface area (Å²) in [7, 11) is -3.89. The lowest BCUT2D eigenvalue weighted by Crippen LogP contribution is -2.38. The molecule has 1 saturated heterocycles. The highest BCUT2D eigenvalue weighted by Gasteiger charge is 2.30. The van der Waals surface area contributed by atoms with Gasteiger partial charge in [-0.15, -0.1) is 15.2 Å². The summed E-state index contributed by atoms with van der Waals surface area (Å²) in [5.74, 6) is 0.616. The second-order valence-corrected chi connectivity index (χ2v) is 11.8. The number of fused-ring (bicyclic) bond motifs is 1. The maximum absolute atomic E-state index is 13.6. The van der Waals surface area contributed by atoms with Gasteiger partial charge in [-0.25, -0.2) is 12.9 Å². The molecular weight excluding hydrogens is 556 g/mol. The van der Waals surface area contributed by atoms with Crippen molar-refractivity contribution >= 4 is 21.8 Å². The highest BCUT2D eigenvalue weighted by molar-refractivity contribution is 7.89. The van der Waals surface area contributed by atoms with Gasteiger partial charge < -0.3 is 19.8 Å². The number of rotatable bonds is 12. The Labute approximate surface area is 236 Å². The molecule has 1 aliphatic heterocycles. The third kappa shape index (κ3) is 6.20. The number of nitrogens with one attached hydrogen (secondary N) is 1. The van der Waals surface area contributed by atoms with Crippen LogP contribution in [0.2, 0.25) is 0 Å². The van der Waals surface area contributed by atoms with Crippen molar-refractivity contribution in [3.8, 4) is 17.1 Å². The van der Waals surface area contributed by atoms with Gasteiger partial charge in [0.05, 0.1) is 35.6 Å². The van der Waals surface area contributed by atoms with E-state index in [1.165, 1.54) is 27.2 Å². The van der Waals surface area contributed by atoms with Crippen LogP contribution in [0.25, 0.3) is 16.9 Å². The van der Waals surface area contributed by atoms with Gasteiger partial charge in [0, 0.05) is 18.7 Å². The van der Waals surface area contributed by atoms with E-state index in [4.69, 9.17) is 4.74 Å². The second-order valence-electron chi connectivity index (χ2n) is 9.83. The first-order valence-corrected chi connectivity index (χ1v) is 14.9. The van der Waals surface area contributed by atoms with Crippen molar-refractivity contribution in [3.05, 3.63) is 55.5 Å². The van der Waals surface area contributed by atoms with Gasteiger partial charge in [-0.05, 0) is 69.2 Å². The largest absolute Gasteiger partial charge is 0.493 e. The minimum atomic E-state index is -3.89. The number of sulfonamides is 1. The van der Waals surface area contributed by atoms with Crippen molar-refractivity contribution in [1.29, 1.82) is 0 Å². The van der Waals surface area contributed by atoms with Gasteiger partial charge in [-0.3, -0.25) is 4.79 Å². The molecule has 2 aromatic heterocycles. The summed E-state index contributed by atoms with van der Waals surface area (Å²) >= 11 is 0. The summed E-state index contributed by atoms with van der Waals surface area (Å²) in [5, 5.41) is 26.6. The monoisotopic (exact) mass is 590 g/mol. The van der Waals surface area contributed by atoms with Crippen LogP contribution in [-0.4, -0.2) is 70.1 Å². The Morgan fingerprint density at radius 1 is 1.29 bits per heavy atom. The zero-order valence-corrected chi connectivity index (χ0v) is 24.0. The Balaban J connectivity index is 1.72. The van der Waals surface area contributed by atoms with E-state index in [2.05, 4.69) is 20.1 Å². The number of hydrogen-bond donors (Lipinski definition) is 2. The van der Waals surface area contributed by atoms with Gasteiger partial charge in [0.1, 0.15) is 11.3 Å². The summed E-state index contributed by atoms with van der Waals surface area (Å²) in [6, 6.07) is 4.47. The Hall–Kier alpha value is -3.98. The SMILES string of the molecule is CCCc1c(/C=N\O)c(C)c2c(=O)[nH]c(-c3cc(S(=O)(=O)N4CCC(CCO[N+](=O)[O-])CC4)ccc3OCC)nn12. The zero-order chi connectivity index (χ0) is 29.7. The van der Waals surface area contributed by atoms with E-state index < -0.39 is 20.7 Å². The third-order valence-electron chi connectivity index (χ3n) is 7.30. The van der Waals surface area contributed by atoms with Crippen LogP contribution in [0.5, 0.6) is 5.75 Å². The molecule has 0 radical (unpaired) electrons. The van der Waals surface area contributed by atoms with Gasteiger partial charge in [0.15, 0.2) is 5.82 Å². The fourth-order valence-corrected chi connectivity index (χ4v) is 6.76. The number of aryl methyl sites for hydroxylation is 2. The van der Waals surface area contributed by atoms with Crippen molar-refractivity contribution in [1.82, 2.24) is 18.9 Å². The third-order valence-corrected chi connectivity index (χ3v) is 9.19. The number of aromatic nitrogens is 3. The van der Waals surface area contributed by atoms with Gasteiger partial charge in [-0.1, -0.05) is 18.5 Å². The van der Waals surface area contributed by atoms with Crippen LogP contribution in [0.3, 0.4) is 0 Å². The molecule has 15 heteroatoms. The number of H-pyrrole nitrogens is 1. The number of hydrogen-bond acceptors (Lipinski definition) is 10. The standard InChI is InChI=1S/C26H34N6O8S/c1-4-6-22-21(16-27-34)17(3)24-26(33)28-25(29-31(22)24)20-15-19(7-8-23(20)39-5-2)41(37,38)30-12-9-18(10-13-30)11-14-40-32(35)36/h7-8,15-16,18,34H,4-6,9-14H2,1-3H3,(H,28,29,33)/b27-16-. The first-order valence-electron chi connectivity index (χ1n) is 13.5. The lowest BCUT2D eigenvalue weighted by molar-refractivity contribution is -0.758. The predicted octanol–water partition coefficient (Wildman–Crippen LogP) is 3.16. The molecule has 2 N–H and O–H groups in total. The van der Waals surface area contributed by atoms with Gasteiger partial charge in [-0.2, -0.15) is 4.31 Å². The number of oxime groups is 1. The molecule has 0 bridgehead atoms. The first-order chi connectivity index (χ1) is 19.6. The minimum absolute atomic E-state index is 0.0165. The Morgan fingerprint density at radius 3 is 2.66 bits per heavy atom. The number of benzene rings is 1. The summed E-state index contributed by atoms with van der Waals surface area (Å²) in [4.78, 5) is 30.9. The van der Waals surface area contributed by atoms with E-state index in [-0.39, 0.29) is 36.3 Å². The van der Waals surface area contributed by atoms with Crippen LogP contribution in [0.4, 0.5) is 0 Å². The molecule has 41 heavy (non-hydrogen) atoms. The number of aromatic amines is 1. The number of piperidine rings is 1. The highest BCUT2D eigenvalue weighted by Crippen LogP contribution is 2.33. The molecule has 0 amide bonds. The van der Waals surface area contributed by atoms with E-state index >= 15 is 0 Å². The molecule has 1 fully saturated rings. The van der Waals surface area contributed by atoms with Crippen LogP contribution in [0.1, 0.15) is 56.4 Å². The fraction of sp³-hybridized carbons (Fsp3) is 0.500. The van der Waals surface area contributed by atoms with Gasteiger partial charge in [0.2, 0.25) is 10.0 Å². The average Bonchev–Trinajstić information content (AvgIpc) is 3.20. The van der Waals surface area contributed by atoms with Crippen molar-refractivity contribution in [2.75, 3.05) is 26.3 Å². The van der Waals surface area contributed by atoms with Crippen molar-refractivity contribution in [2.45, 2.75) is 57.8 Å². The van der Waals surface area contributed by atoms with Crippen LogP contribution in [0.15, 0.2) is 33.0 Å². The zero-order valence-electron chi connectivity index (χ0n) is 23.2. The highest BCUT2D eigenvalue weighted by atomic mass is 32.2. The first kappa shape index (κ1) is 30.0. The molecule has 1 aromatic carbocycles. The topological polar surface area (TPSA) is 182 Å². The molecule has 0 spiro atoms. The minimum Gasteiger partial charge on any atom is -0.493 e. The number of nitrogens with zero attached hydrogens (tertiary/aromatic N) is 5. The predicted molar refractivity (Wildman–Crippen MR) is 150 cm³/mol. The smallest absolute Gasteiger partial charge is 0.294 e. The van der Waals surface area contributed by atoms with E-state index in [0.717, 1.165) is 6.42 Å². The summed E-state index contributed by atoms with van der Waals surface area (Å²) in [6.07, 6.45) is 4.19. The summed E-state index contributed by atoms with van der Waals surface area (Å²) in [6.45, 7) is 6.36. The van der Waals surface area contributed by atoms with E-state index in [1.54, 1.807) is 19.9 Å². The normalized spacial score (nSPS) is 15.1. The molecule has 0 saturated carbocycles. The second kappa shape index (κ2) is 12.7. The van der Waals surface area contributed by atoms with Gasteiger partial charge >= 0.3 is 0 Å². The molecule has 0 atom stereocenters. The van der Waals surface area contributed by atoms with Gasteiger partial charge in [0.25, 0.3) is 10.6 Å². The molecule has 4 rings (SSSR count). The van der Waals surface area contributed by atoms with Crippen LogP contribution in [0, 0.1) is 23.0 Å². The molecule has 3 aromatic rings. The molecule has 0 aliphatic carbocycles. The fourth-order valence-electron chi connectivity index (χ4n) is 5.27. The lowest BCUT2D eigenvalue weighted by atomic mass is 9.95. The molecule has 14 nitrogen and oxygen atoms in total. The van der Waals surface area contributed by atoms with E-state index in [1.807, 2.05) is 6.92 Å². The van der Waals surface area contributed by atoms with E-state index in [0.29, 0.717) is 65.9 Å². The molecule has 0 unspecified atom stereocenters. The van der Waals surface area contributed by atoms with Crippen LogP contribution < -0.4 is 10.3 Å². The summed E-state index contributed by atoms with van der Waals surface area (Å²) in [5.41, 5.74) is 2.09. The Bertz CT molecular complexity index is 1610. The maximum atomic E-state index is 13.6. The van der Waals surface area contributed by atoms with E-state index in [9.17, 15) is 28.5 Å². The molecule has 3 heterocycles. The van der Waals surface area contributed by atoms with Crippen molar-refractivity contribution < 1.29 is 28.3 Å². The maximum Gasteiger partial charge on any atom is 0.294 e.